The molecule has 0 aromatic heterocycles. The number of aryl methyl sites for hydroxylation is 1. The van der Waals surface area contributed by atoms with E-state index in [4.69, 9.17) is 9.47 Å². The van der Waals surface area contributed by atoms with Crippen LogP contribution < -0.4 is 14.8 Å². The zero-order chi connectivity index (χ0) is 15.1. The molecule has 21 heavy (non-hydrogen) atoms. The van der Waals surface area contributed by atoms with Crippen molar-refractivity contribution in [3.05, 3.63) is 53.6 Å². The normalized spacial score (nSPS) is 10.4. The van der Waals surface area contributed by atoms with Gasteiger partial charge >= 0.3 is 0 Å². The molecule has 0 aliphatic heterocycles. The molecule has 0 aliphatic carbocycles. The van der Waals surface area contributed by atoms with Crippen LogP contribution in [0.25, 0.3) is 0 Å². The molecule has 112 valence electrons. The van der Waals surface area contributed by atoms with Gasteiger partial charge in [0.2, 0.25) is 0 Å². The topological polar surface area (TPSA) is 30.5 Å². The van der Waals surface area contributed by atoms with Crippen LogP contribution in [0.3, 0.4) is 0 Å². The van der Waals surface area contributed by atoms with Crippen LogP contribution in [-0.4, -0.2) is 13.2 Å². The molecule has 3 heteroatoms. The van der Waals surface area contributed by atoms with Crippen LogP contribution in [0.2, 0.25) is 0 Å². The summed E-state index contributed by atoms with van der Waals surface area (Å²) < 4.78 is 11.7. The van der Waals surface area contributed by atoms with Crippen LogP contribution in [0.4, 0.5) is 0 Å². The van der Waals surface area contributed by atoms with Gasteiger partial charge in [-0.15, -0.1) is 0 Å². The lowest BCUT2D eigenvalue weighted by atomic mass is 10.1. The molecule has 2 rings (SSSR count). The first-order valence-electron chi connectivity index (χ1n) is 7.44. The lowest BCUT2D eigenvalue weighted by molar-refractivity contribution is 0.321. The van der Waals surface area contributed by atoms with Crippen LogP contribution in [0.15, 0.2) is 42.5 Å². The summed E-state index contributed by atoms with van der Waals surface area (Å²) >= 11 is 0. The molecule has 0 amide bonds. The van der Waals surface area contributed by atoms with E-state index in [2.05, 4.69) is 31.3 Å². The summed E-state index contributed by atoms with van der Waals surface area (Å²) in [5, 5.41) is 3.35. The number of hydrogen-bond acceptors (Lipinski definition) is 3. The minimum Gasteiger partial charge on any atom is -0.490 e. The van der Waals surface area contributed by atoms with Crippen molar-refractivity contribution < 1.29 is 9.47 Å². The first kappa shape index (κ1) is 15.4. The van der Waals surface area contributed by atoms with Gasteiger partial charge in [-0.05, 0) is 38.6 Å². The Kier molecular flexibility index (Phi) is 5.64. The minimum atomic E-state index is 0.624. The molecule has 0 saturated carbocycles. The fourth-order valence-electron chi connectivity index (χ4n) is 2.13. The average molecular weight is 285 g/mol. The SMILES string of the molecule is CCNCc1cc(C)ccc1Oc1ccccc1OCC. The summed E-state index contributed by atoms with van der Waals surface area (Å²) in [7, 11) is 0. The van der Waals surface area contributed by atoms with Crippen LogP contribution >= 0.6 is 0 Å². The fourth-order valence-corrected chi connectivity index (χ4v) is 2.13. The number of hydrogen-bond donors (Lipinski definition) is 1. The highest BCUT2D eigenvalue weighted by Crippen LogP contribution is 2.33. The Morgan fingerprint density at radius 2 is 1.71 bits per heavy atom. The van der Waals surface area contributed by atoms with Crippen molar-refractivity contribution >= 4 is 0 Å². The molecule has 3 nitrogen and oxygen atoms in total. The summed E-state index contributed by atoms with van der Waals surface area (Å²) in [6.07, 6.45) is 0. The molecule has 0 radical (unpaired) electrons. The molecular formula is C18H23NO2. The predicted octanol–water partition coefficient (Wildman–Crippen LogP) is 4.30. The zero-order valence-corrected chi connectivity index (χ0v) is 13.0. The molecular weight excluding hydrogens is 262 g/mol. The molecule has 0 atom stereocenters. The minimum absolute atomic E-state index is 0.624. The van der Waals surface area contributed by atoms with E-state index >= 15 is 0 Å². The Bertz CT molecular complexity index is 581. The molecule has 0 saturated heterocycles. The quantitative estimate of drug-likeness (QED) is 0.823. The third-order valence-electron chi connectivity index (χ3n) is 3.15. The Hall–Kier alpha value is -2.00. The van der Waals surface area contributed by atoms with Gasteiger partial charge < -0.3 is 14.8 Å². The molecule has 0 spiro atoms. The number of nitrogens with one attached hydrogen (secondary N) is 1. The molecule has 0 fully saturated rings. The second-order valence-corrected chi connectivity index (χ2v) is 4.87. The van der Waals surface area contributed by atoms with Crippen molar-refractivity contribution in [3.8, 4) is 17.2 Å². The highest BCUT2D eigenvalue weighted by molar-refractivity contribution is 5.45. The third-order valence-corrected chi connectivity index (χ3v) is 3.15. The third kappa shape index (κ3) is 4.23. The fraction of sp³-hybridized carbons (Fsp3) is 0.333. The molecule has 1 N–H and O–H groups in total. The molecule has 2 aromatic rings. The largest absolute Gasteiger partial charge is 0.490 e. The van der Waals surface area contributed by atoms with Crippen molar-refractivity contribution in [2.45, 2.75) is 27.3 Å². The lowest BCUT2D eigenvalue weighted by Crippen LogP contribution is -2.12. The highest BCUT2D eigenvalue weighted by atomic mass is 16.5. The smallest absolute Gasteiger partial charge is 0.169 e. The van der Waals surface area contributed by atoms with Gasteiger partial charge in [0, 0.05) is 12.1 Å². The van der Waals surface area contributed by atoms with E-state index in [1.54, 1.807) is 0 Å². The van der Waals surface area contributed by atoms with E-state index in [0.29, 0.717) is 6.61 Å². The second-order valence-electron chi connectivity index (χ2n) is 4.87. The average Bonchev–Trinajstić information content (AvgIpc) is 2.49. The van der Waals surface area contributed by atoms with Crippen LogP contribution in [0.1, 0.15) is 25.0 Å². The Morgan fingerprint density at radius 1 is 0.952 bits per heavy atom. The summed E-state index contributed by atoms with van der Waals surface area (Å²) in [5.74, 6) is 2.39. The Balaban J connectivity index is 2.26. The van der Waals surface area contributed by atoms with Gasteiger partial charge in [0.05, 0.1) is 6.61 Å². The van der Waals surface area contributed by atoms with Gasteiger partial charge in [-0.1, -0.05) is 36.8 Å². The molecule has 0 bridgehead atoms. The molecule has 2 aromatic carbocycles. The van der Waals surface area contributed by atoms with E-state index in [-0.39, 0.29) is 0 Å². The van der Waals surface area contributed by atoms with Crippen molar-refractivity contribution in [2.75, 3.05) is 13.2 Å². The molecule has 0 aliphatic rings. The number of para-hydroxylation sites is 2. The number of benzene rings is 2. The summed E-state index contributed by atoms with van der Waals surface area (Å²) in [6.45, 7) is 8.51. The van der Waals surface area contributed by atoms with Gasteiger partial charge in [0.15, 0.2) is 11.5 Å². The summed E-state index contributed by atoms with van der Waals surface area (Å²) in [4.78, 5) is 0. The first-order valence-corrected chi connectivity index (χ1v) is 7.44. The first-order chi connectivity index (χ1) is 10.2. The maximum absolute atomic E-state index is 6.08. The Labute approximate surface area is 126 Å². The summed E-state index contributed by atoms with van der Waals surface area (Å²) in [5.41, 5.74) is 2.39. The van der Waals surface area contributed by atoms with Gasteiger partial charge in [0.1, 0.15) is 5.75 Å². The maximum Gasteiger partial charge on any atom is 0.169 e. The van der Waals surface area contributed by atoms with E-state index in [0.717, 1.165) is 35.9 Å². The monoisotopic (exact) mass is 285 g/mol. The van der Waals surface area contributed by atoms with E-state index < -0.39 is 0 Å². The number of ether oxygens (including phenoxy) is 2. The van der Waals surface area contributed by atoms with Gasteiger partial charge in [-0.3, -0.25) is 0 Å². The van der Waals surface area contributed by atoms with Gasteiger partial charge in [0.25, 0.3) is 0 Å². The highest BCUT2D eigenvalue weighted by Gasteiger charge is 2.09. The van der Waals surface area contributed by atoms with Gasteiger partial charge in [-0.2, -0.15) is 0 Å². The van der Waals surface area contributed by atoms with Crippen molar-refractivity contribution in [3.63, 3.8) is 0 Å². The second kappa shape index (κ2) is 7.70. The van der Waals surface area contributed by atoms with Gasteiger partial charge in [-0.25, -0.2) is 0 Å². The number of rotatable bonds is 7. The van der Waals surface area contributed by atoms with E-state index in [1.165, 1.54) is 5.56 Å². The molecule has 0 unspecified atom stereocenters. The van der Waals surface area contributed by atoms with Crippen molar-refractivity contribution in [1.82, 2.24) is 5.32 Å². The van der Waals surface area contributed by atoms with E-state index in [1.807, 2.05) is 37.3 Å². The van der Waals surface area contributed by atoms with Crippen LogP contribution in [0.5, 0.6) is 17.2 Å². The maximum atomic E-state index is 6.08. The molecule has 0 heterocycles. The standard InChI is InChI=1S/C18H23NO2/c1-4-19-13-15-12-14(3)10-11-16(15)21-18-9-7-6-8-17(18)20-5-2/h6-12,19H,4-5,13H2,1-3H3. The Morgan fingerprint density at radius 3 is 2.43 bits per heavy atom. The predicted molar refractivity (Wildman–Crippen MR) is 86.2 cm³/mol. The summed E-state index contributed by atoms with van der Waals surface area (Å²) in [6, 6.07) is 14.0. The lowest BCUT2D eigenvalue weighted by Gasteiger charge is -2.15. The van der Waals surface area contributed by atoms with Crippen molar-refractivity contribution in [2.24, 2.45) is 0 Å². The van der Waals surface area contributed by atoms with E-state index in [9.17, 15) is 0 Å². The van der Waals surface area contributed by atoms with Crippen molar-refractivity contribution in [1.29, 1.82) is 0 Å². The zero-order valence-electron chi connectivity index (χ0n) is 13.0. The van der Waals surface area contributed by atoms with Crippen LogP contribution in [-0.2, 0) is 6.54 Å². The van der Waals surface area contributed by atoms with Crippen LogP contribution in [0, 0.1) is 6.92 Å².